The molecule has 0 bridgehead atoms. The molecule has 1 heterocycles. The highest BCUT2D eigenvalue weighted by Gasteiger charge is 2.17. The summed E-state index contributed by atoms with van der Waals surface area (Å²) in [6.07, 6.45) is 2.53. The SMILES string of the molecule is CCN1CCC(CNC(=NC)NN)CC1. The van der Waals surface area contributed by atoms with Crippen LogP contribution in [0.25, 0.3) is 0 Å². The maximum absolute atomic E-state index is 5.29. The minimum Gasteiger partial charge on any atom is -0.355 e. The molecule has 1 aliphatic heterocycles. The second-order valence-corrected chi connectivity index (χ2v) is 3.98. The van der Waals surface area contributed by atoms with Crippen LogP contribution < -0.4 is 16.6 Å². The summed E-state index contributed by atoms with van der Waals surface area (Å²) in [7, 11) is 1.72. The van der Waals surface area contributed by atoms with Gasteiger partial charge in [-0.2, -0.15) is 0 Å². The topological polar surface area (TPSA) is 65.7 Å². The molecule has 0 amide bonds. The van der Waals surface area contributed by atoms with Gasteiger partial charge in [-0.05, 0) is 38.4 Å². The van der Waals surface area contributed by atoms with Crippen molar-refractivity contribution >= 4 is 5.96 Å². The lowest BCUT2D eigenvalue weighted by atomic mass is 9.97. The van der Waals surface area contributed by atoms with E-state index < -0.39 is 0 Å². The van der Waals surface area contributed by atoms with E-state index in [-0.39, 0.29) is 0 Å². The van der Waals surface area contributed by atoms with Crippen LogP contribution >= 0.6 is 0 Å². The highest BCUT2D eigenvalue weighted by Crippen LogP contribution is 2.15. The number of hydrazine groups is 1. The molecule has 0 saturated carbocycles. The largest absolute Gasteiger partial charge is 0.355 e. The molecular weight excluding hydrogens is 190 g/mol. The maximum atomic E-state index is 5.29. The summed E-state index contributed by atoms with van der Waals surface area (Å²) in [6, 6.07) is 0. The van der Waals surface area contributed by atoms with Gasteiger partial charge in [0.25, 0.3) is 0 Å². The zero-order valence-corrected chi connectivity index (χ0v) is 9.79. The minimum atomic E-state index is 0.674. The molecule has 15 heavy (non-hydrogen) atoms. The van der Waals surface area contributed by atoms with Crippen LogP contribution in [0.1, 0.15) is 19.8 Å². The summed E-state index contributed by atoms with van der Waals surface area (Å²) in [6.45, 7) is 6.80. The summed E-state index contributed by atoms with van der Waals surface area (Å²) in [5.74, 6) is 6.71. The molecule has 5 heteroatoms. The standard InChI is InChI=1S/C10H23N5/c1-3-15-6-4-9(5-7-15)8-13-10(12-2)14-11/h9H,3-8,11H2,1-2H3,(H2,12,13,14). The van der Waals surface area contributed by atoms with Crippen LogP contribution in [-0.4, -0.2) is 44.1 Å². The Hall–Kier alpha value is -0.810. The van der Waals surface area contributed by atoms with Gasteiger partial charge in [0.15, 0.2) is 0 Å². The third-order valence-electron chi connectivity index (χ3n) is 3.07. The van der Waals surface area contributed by atoms with Gasteiger partial charge in [0, 0.05) is 13.6 Å². The highest BCUT2D eigenvalue weighted by molar-refractivity contribution is 5.78. The molecule has 1 saturated heterocycles. The van der Waals surface area contributed by atoms with Crippen molar-refractivity contribution < 1.29 is 0 Å². The van der Waals surface area contributed by atoms with Crippen molar-refractivity contribution in [2.24, 2.45) is 16.8 Å². The molecule has 0 aromatic heterocycles. The molecule has 0 unspecified atom stereocenters. The molecule has 0 atom stereocenters. The summed E-state index contributed by atoms with van der Waals surface area (Å²) < 4.78 is 0. The molecule has 88 valence electrons. The van der Waals surface area contributed by atoms with Crippen molar-refractivity contribution in [2.45, 2.75) is 19.8 Å². The molecule has 5 nitrogen and oxygen atoms in total. The van der Waals surface area contributed by atoms with Gasteiger partial charge in [-0.15, -0.1) is 0 Å². The summed E-state index contributed by atoms with van der Waals surface area (Å²) >= 11 is 0. The average Bonchev–Trinajstić information content (AvgIpc) is 2.31. The lowest BCUT2D eigenvalue weighted by molar-refractivity contribution is 0.193. The number of likely N-dealkylation sites (tertiary alicyclic amines) is 1. The van der Waals surface area contributed by atoms with Gasteiger partial charge in [-0.1, -0.05) is 6.92 Å². The first-order valence-electron chi connectivity index (χ1n) is 5.69. The third kappa shape index (κ3) is 4.05. The first-order valence-corrected chi connectivity index (χ1v) is 5.69. The fourth-order valence-electron chi connectivity index (χ4n) is 1.94. The van der Waals surface area contributed by atoms with Crippen molar-refractivity contribution in [3.05, 3.63) is 0 Å². The number of nitrogens with two attached hydrogens (primary N) is 1. The smallest absolute Gasteiger partial charge is 0.205 e. The van der Waals surface area contributed by atoms with Crippen LogP contribution in [0.4, 0.5) is 0 Å². The number of aliphatic imine (C=N–C) groups is 1. The molecule has 0 spiro atoms. The molecule has 1 rings (SSSR count). The van der Waals surface area contributed by atoms with Crippen LogP contribution in [0, 0.1) is 5.92 Å². The Morgan fingerprint density at radius 2 is 2.13 bits per heavy atom. The van der Waals surface area contributed by atoms with Gasteiger partial charge in [0.1, 0.15) is 0 Å². The highest BCUT2D eigenvalue weighted by atomic mass is 15.3. The molecule has 4 N–H and O–H groups in total. The summed E-state index contributed by atoms with van der Waals surface area (Å²) in [5.41, 5.74) is 2.54. The van der Waals surface area contributed by atoms with Crippen molar-refractivity contribution in [1.82, 2.24) is 15.6 Å². The molecule has 1 aliphatic rings. The molecule has 1 fully saturated rings. The number of rotatable bonds is 3. The Morgan fingerprint density at radius 1 is 1.47 bits per heavy atom. The normalized spacial score (nSPS) is 20.3. The Balaban J connectivity index is 2.18. The molecular formula is C10H23N5. The lowest BCUT2D eigenvalue weighted by Gasteiger charge is -2.31. The number of nitrogens with zero attached hydrogens (tertiary/aromatic N) is 2. The van der Waals surface area contributed by atoms with Gasteiger partial charge in [-0.3, -0.25) is 10.4 Å². The lowest BCUT2D eigenvalue weighted by Crippen LogP contribution is -2.45. The first kappa shape index (κ1) is 12.3. The van der Waals surface area contributed by atoms with Crippen molar-refractivity contribution in [3.63, 3.8) is 0 Å². The Labute approximate surface area is 92.1 Å². The van der Waals surface area contributed by atoms with Gasteiger partial charge >= 0.3 is 0 Å². The quantitative estimate of drug-likeness (QED) is 0.262. The Kier molecular flexibility index (Phi) is 5.42. The van der Waals surface area contributed by atoms with Crippen LogP contribution in [-0.2, 0) is 0 Å². The van der Waals surface area contributed by atoms with Crippen LogP contribution in [0.5, 0.6) is 0 Å². The predicted molar refractivity (Wildman–Crippen MR) is 63.5 cm³/mol. The monoisotopic (exact) mass is 213 g/mol. The average molecular weight is 213 g/mol. The van der Waals surface area contributed by atoms with Gasteiger partial charge < -0.3 is 10.2 Å². The van der Waals surface area contributed by atoms with Crippen LogP contribution in [0.15, 0.2) is 4.99 Å². The van der Waals surface area contributed by atoms with Crippen molar-refractivity contribution in [2.75, 3.05) is 33.2 Å². The Morgan fingerprint density at radius 3 is 2.60 bits per heavy atom. The number of hydrogen-bond acceptors (Lipinski definition) is 3. The van der Waals surface area contributed by atoms with E-state index in [0.717, 1.165) is 12.5 Å². The van der Waals surface area contributed by atoms with E-state index >= 15 is 0 Å². The number of guanidine groups is 1. The van der Waals surface area contributed by atoms with Gasteiger partial charge in [0.2, 0.25) is 5.96 Å². The first-order chi connectivity index (χ1) is 7.30. The number of hydrogen-bond donors (Lipinski definition) is 3. The van der Waals surface area contributed by atoms with E-state index in [9.17, 15) is 0 Å². The fraction of sp³-hybridized carbons (Fsp3) is 0.900. The second kappa shape index (κ2) is 6.63. The Bertz CT molecular complexity index is 196. The molecule has 0 radical (unpaired) electrons. The van der Waals surface area contributed by atoms with E-state index in [1.165, 1.54) is 32.5 Å². The number of nitrogens with one attached hydrogen (secondary N) is 2. The maximum Gasteiger partial charge on any atom is 0.205 e. The van der Waals surface area contributed by atoms with Crippen molar-refractivity contribution in [3.8, 4) is 0 Å². The van der Waals surface area contributed by atoms with E-state index in [1.807, 2.05) is 0 Å². The molecule has 0 aliphatic carbocycles. The fourth-order valence-corrected chi connectivity index (χ4v) is 1.94. The summed E-state index contributed by atoms with van der Waals surface area (Å²) in [4.78, 5) is 6.47. The van der Waals surface area contributed by atoms with Crippen LogP contribution in [0.2, 0.25) is 0 Å². The van der Waals surface area contributed by atoms with E-state index in [2.05, 4.69) is 27.6 Å². The zero-order chi connectivity index (χ0) is 11.1. The molecule has 0 aromatic rings. The summed E-state index contributed by atoms with van der Waals surface area (Å²) in [5, 5.41) is 3.22. The van der Waals surface area contributed by atoms with E-state index in [4.69, 9.17) is 5.84 Å². The third-order valence-corrected chi connectivity index (χ3v) is 3.07. The van der Waals surface area contributed by atoms with Crippen molar-refractivity contribution in [1.29, 1.82) is 0 Å². The predicted octanol–water partition coefficient (Wildman–Crippen LogP) is -0.243. The van der Waals surface area contributed by atoms with Gasteiger partial charge in [0.05, 0.1) is 0 Å². The number of piperidine rings is 1. The van der Waals surface area contributed by atoms with E-state index in [0.29, 0.717) is 5.96 Å². The van der Waals surface area contributed by atoms with Gasteiger partial charge in [-0.25, -0.2) is 5.84 Å². The second-order valence-electron chi connectivity index (χ2n) is 3.98. The van der Waals surface area contributed by atoms with E-state index in [1.54, 1.807) is 7.05 Å². The zero-order valence-electron chi connectivity index (χ0n) is 9.79. The van der Waals surface area contributed by atoms with Crippen LogP contribution in [0.3, 0.4) is 0 Å². The minimum absolute atomic E-state index is 0.674. The molecule has 0 aromatic carbocycles.